The second-order valence-corrected chi connectivity index (χ2v) is 7.50. The number of hydrogen-bond acceptors (Lipinski definition) is 5. The number of benzene rings is 1. The number of nitrogens with two attached hydrogens (primary N) is 1. The van der Waals surface area contributed by atoms with Gasteiger partial charge in [0.2, 0.25) is 5.91 Å². The lowest BCUT2D eigenvalue weighted by atomic mass is 9.97. The fourth-order valence-corrected chi connectivity index (χ4v) is 3.82. The standard InChI is InChI=1S/C20H30N4O4/c1-14-12-24(17-11-16(27-2)6-7-18(17)28-14)20(26)22-8-4-10-23-9-3-5-15(13-23)19(21)25/h6-7,11,14-15H,3-5,8-10,12-13H2,1-2H3,(H2,21,25)(H,22,26). The Kier molecular flexibility index (Phi) is 6.61. The number of amides is 3. The molecule has 0 aromatic heterocycles. The first-order valence-electron chi connectivity index (χ1n) is 9.89. The Bertz CT molecular complexity index is 711. The van der Waals surface area contributed by atoms with Crippen LogP contribution in [-0.4, -0.2) is 62.8 Å². The van der Waals surface area contributed by atoms with Crippen molar-refractivity contribution in [2.75, 3.05) is 44.7 Å². The maximum Gasteiger partial charge on any atom is 0.322 e. The minimum atomic E-state index is -0.214. The van der Waals surface area contributed by atoms with Crippen LogP contribution >= 0.6 is 0 Å². The van der Waals surface area contributed by atoms with Crippen molar-refractivity contribution in [3.8, 4) is 11.5 Å². The van der Waals surface area contributed by atoms with Crippen molar-refractivity contribution in [2.45, 2.75) is 32.3 Å². The number of urea groups is 1. The molecule has 0 bridgehead atoms. The average molecular weight is 390 g/mol. The van der Waals surface area contributed by atoms with Crippen LogP contribution in [0.25, 0.3) is 0 Å². The molecule has 1 aromatic carbocycles. The predicted molar refractivity (Wildman–Crippen MR) is 107 cm³/mol. The number of primary amides is 1. The number of carbonyl (C=O) groups excluding carboxylic acids is 2. The van der Waals surface area contributed by atoms with Crippen LogP contribution in [0.2, 0.25) is 0 Å². The summed E-state index contributed by atoms with van der Waals surface area (Å²) in [7, 11) is 1.60. The molecule has 3 rings (SSSR count). The SMILES string of the molecule is COc1ccc2c(c1)N(C(=O)NCCCN1CCCC(C(N)=O)C1)CC(C)O2. The normalized spacial score (nSPS) is 22.1. The van der Waals surface area contributed by atoms with Crippen LogP contribution in [0.5, 0.6) is 11.5 Å². The lowest BCUT2D eigenvalue weighted by molar-refractivity contribution is -0.123. The Morgan fingerprint density at radius 1 is 1.36 bits per heavy atom. The van der Waals surface area contributed by atoms with Gasteiger partial charge < -0.3 is 25.4 Å². The summed E-state index contributed by atoms with van der Waals surface area (Å²) in [4.78, 5) is 28.1. The van der Waals surface area contributed by atoms with Gasteiger partial charge in [0.25, 0.3) is 0 Å². The highest BCUT2D eigenvalue weighted by atomic mass is 16.5. The highest BCUT2D eigenvalue weighted by Crippen LogP contribution is 2.36. The first-order valence-corrected chi connectivity index (χ1v) is 9.89. The molecule has 1 fully saturated rings. The highest BCUT2D eigenvalue weighted by Gasteiger charge is 2.28. The second-order valence-electron chi connectivity index (χ2n) is 7.50. The van der Waals surface area contributed by atoms with E-state index in [-0.39, 0.29) is 24.0 Å². The fourth-order valence-electron chi connectivity index (χ4n) is 3.82. The van der Waals surface area contributed by atoms with Gasteiger partial charge in [-0.05, 0) is 51.4 Å². The van der Waals surface area contributed by atoms with Crippen LogP contribution in [0.1, 0.15) is 26.2 Å². The summed E-state index contributed by atoms with van der Waals surface area (Å²) in [6.07, 6.45) is 2.61. The van der Waals surface area contributed by atoms with Gasteiger partial charge in [-0.25, -0.2) is 4.79 Å². The van der Waals surface area contributed by atoms with Crippen molar-refractivity contribution >= 4 is 17.6 Å². The van der Waals surface area contributed by atoms with E-state index in [4.69, 9.17) is 15.2 Å². The van der Waals surface area contributed by atoms with Crippen molar-refractivity contribution < 1.29 is 19.1 Å². The van der Waals surface area contributed by atoms with Gasteiger partial charge in [-0.3, -0.25) is 9.69 Å². The molecule has 154 valence electrons. The van der Waals surface area contributed by atoms with Gasteiger partial charge in [0.15, 0.2) is 0 Å². The second kappa shape index (κ2) is 9.14. The van der Waals surface area contributed by atoms with Crippen molar-refractivity contribution in [1.29, 1.82) is 0 Å². The number of carbonyl (C=O) groups is 2. The largest absolute Gasteiger partial charge is 0.497 e. The van der Waals surface area contributed by atoms with Crippen LogP contribution < -0.4 is 25.4 Å². The van der Waals surface area contributed by atoms with E-state index in [1.54, 1.807) is 12.0 Å². The van der Waals surface area contributed by atoms with Crippen LogP contribution in [0.15, 0.2) is 18.2 Å². The number of ether oxygens (including phenoxy) is 2. The highest BCUT2D eigenvalue weighted by molar-refractivity contribution is 5.94. The Morgan fingerprint density at radius 2 is 2.18 bits per heavy atom. The molecule has 2 unspecified atom stereocenters. The number of nitrogens with one attached hydrogen (secondary N) is 1. The third-order valence-corrected chi connectivity index (χ3v) is 5.31. The minimum absolute atomic E-state index is 0.0512. The van der Waals surface area contributed by atoms with E-state index >= 15 is 0 Å². The summed E-state index contributed by atoms with van der Waals surface area (Å²) in [6, 6.07) is 5.33. The molecule has 28 heavy (non-hydrogen) atoms. The molecule has 2 aliphatic heterocycles. The maximum absolute atomic E-state index is 12.7. The Labute approximate surface area is 165 Å². The number of hydrogen-bond donors (Lipinski definition) is 2. The third-order valence-electron chi connectivity index (χ3n) is 5.31. The molecule has 1 aromatic rings. The minimum Gasteiger partial charge on any atom is -0.497 e. The number of likely N-dealkylation sites (tertiary alicyclic amines) is 1. The monoisotopic (exact) mass is 390 g/mol. The number of fused-ring (bicyclic) bond motifs is 1. The quantitative estimate of drug-likeness (QED) is 0.719. The van der Waals surface area contributed by atoms with E-state index in [0.717, 1.165) is 44.6 Å². The summed E-state index contributed by atoms with van der Waals surface area (Å²) in [6.45, 7) is 5.54. The number of methoxy groups -OCH3 is 1. The predicted octanol–water partition coefficient (Wildman–Crippen LogP) is 1.58. The summed E-state index contributed by atoms with van der Waals surface area (Å²) in [5.74, 6) is 1.10. The Morgan fingerprint density at radius 3 is 2.93 bits per heavy atom. The molecule has 2 heterocycles. The first kappa shape index (κ1) is 20.3. The topological polar surface area (TPSA) is 97.1 Å². The van der Waals surface area contributed by atoms with Crippen LogP contribution in [0, 0.1) is 5.92 Å². The number of anilines is 1. The fraction of sp³-hybridized carbons (Fsp3) is 0.600. The van der Waals surface area contributed by atoms with E-state index in [1.807, 2.05) is 25.1 Å². The van der Waals surface area contributed by atoms with Crippen molar-refractivity contribution in [3.63, 3.8) is 0 Å². The lowest BCUT2D eigenvalue weighted by Crippen LogP contribution is -2.48. The molecule has 3 amide bonds. The Balaban J connectivity index is 1.51. The number of rotatable bonds is 6. The molecule has 8 heteroatoms. The summed E-state index contributed by atoms with van der Waals surface area (Å²) in [5, 5.41) is 3.00. The van der Waals surface area contributed by atoms with Crippen LogP contribution in [0.4, 0.5) is 10.5 Å². The van der Waals surface area contributed by atoms with Gasteiger partial charge in [0.1, 0.15) is 17.6 Å². The number of piperidine rings is 1. The zero-order chi connectivity index (χ0) is 20.1. The third kappa shape index (κ3) is 4.86. The van der Waals surface area contributed by atoms with Gasteiger partial charge >= 0.3 is 6.03 Å². The molecular weight excluding hydrogens is 360 g/mol. The van der Waals surface area contributed by atoms with Crippen LogP contribution in [0.3, 0.4) is 0 Å². The average Bonchev–Trinajstić information content (AvgIpc) is 2.70. The van der Waals surface area contributed by atoms with Gasteiger partial charge in [0.05, 0.1) is 25.3 Å². The van der Waals surface area contributed by atoms with E-state index in [2.05, 4.69) is 10.2 Å². The molecule has 0 saturated carbocycles. The molecule has 2 aliphatic rings. The van der Waals surface area contributed by atoms with Crippen molar-refractivity contribution in [2.24, 2.45) is 11.7 Å². The summed E-state index contributed by atoms with van der Waals surface area (Å²) >= 11 is 0. The molecule has 3 N–H and O–H groups in total. The molecule has 0 radical (unpaired) electrons. The van der Waals surface area contributed by atoms with Gasteiger partial charge in [-0.15, -0.1) is 0 Å². The zero-order valence-corrected chi connectivity index (χ0v) is 16.6. The molecule has 2 atom stereocenters. The smallest absolute Gasteiger partial charge is 0.322 e. The van der Waals surface area contributed by atoms with Gasteiger partial charge in [-0.2, -0.15) is 0 Å². The number of nitrogens with zero attached hydrogens (tertiary/aromatic N) is 2. The first-order chi connectivity index (χ1) is 13.5. The van der Waals surface area contributed by atoms with E-state index < -0.39 is 0 Å². The summed E-state index contributed by atoms with van der Waals surface area (Å²) < 4.78 is 11.1. The molecular formula is C20H30N4O4. The molecule has 0 aliphatic carbocycles. The summed E-state index contributed by atoms with van der Waals surface area (Å²) in [5.41, 5.74) is 6.15. The molecule has 0 spiro atoms. The lowest BCUT2D eigenvalue weighted by Gasteiger charge is -2.34. The maximum atomic E-state index is 12.7. The van der Waals surface area contributed by atoms with E-state index in [9.17, 15) is 9.59 Å². The molecule has 1 saturated heterocycles. The zero-order valence-electron chi connectivity index (χ0n) is 16.6. The Hall–Kier alpha value is -2.48. The van der Waals surface area contributed by atoms with Crippen molar-refractivity contribution in [3.05, 3.63) is 18.2 Å². The van der Waals surface area contributed by atoms with Crippen LogP contribution in [-0.2, 0) is 4.79 Å². The molecule has 8 nitrogen and oxygen atoms in total. The van der Waals surface area contributed by atoms with Crippen molar-refractivity contribution in [1.82, 2.24) is 10.2 Å². The van der Waals surface area contributed by atoms with E-state index in [1.165, 1.54) is 0 Å². The van der Waals surface area contributed by atoms with Gasteiger partial charge in [-0.1, -0.05) is 0 Å². The van der Waals surface area contributed by atoms with E-state index in [0.29, 0.717) is 24.6 Å². The van der Waals surface area contributed by atoms with Gasteiger partial charge in [0, 0.05) is 19.2 Å².